The van der Waals surface area contributed by atoms with Crippen LogP contribution in [0.3, 0.4) is 0 Å². The minimum absolute atomic E-state index is 0.229. The van der Waals surface area contributed by atoms with Crippen molar-refractivity contribution < 1.29 is 10.3 Å². The molecule has 0 spiro atoms. The van der Waals surface area contributed by atoms with Crippen LogP contribution in [-0.4, -0.2) is 47.3 Å². The van der Waals surface area contributed by atoms with E-state index in [-0.39, 0.29) is 12.4 Å². The average molecular weight is 173 g/mol. The Balaban J connectivity index is 2.28. The lowest BCUT2D eigenvalue weighted by molar-refractivity contribution is 0.225. The Labute approximate surface area is 71.5 Å². The molecule has 0 aromatic rings. The standard InChI is InChI=1S/C7H15N3O2/c8-7(9-12)4-10-2-1-6(3-10)5-11/h6,11-12H,1-5H2,(H2,8,9)/t6-/m1/s1. The van der Waals surface area contributed by atoms with Crippen molar-refractivity contribution in [1.29, 1.82) is 0 Å². The highest BCUT2D eigenvalue weighted by Gasteiger charge is 2.21. The van der Waals surface area contributed by atoms with Crippen molar-refractivity contribution in [3.05, 3.63) is 0 Å². The molecule has 5 heteroatoms. The van der Waals surface area contributed by atoms with Gasteiger partial charge in [0.1, 0.15) is 0 Å². The van der Waals surface area contributed by atoms with Crippen LogP contribution in [0.4, 0.5) is 0 Å². The molecule has 12 heavy (non-hydrogen) atoms. The van der Waals surface area contributed by atoms with Crippen molar-refractivity contribution in [1.82, 2.24) is 4.90 Å². The van der Waals surface area contributed by atoms with Crippen LogP contribution in [0.15, 0.2) is 5.16 Å². The number of hydrogen-bond acceptors (Lipinski definition) is 4. The Morgan fingerprint density at radius 2 is 2.42 bits per heavy atom. The van der Waals surface area contributed by atoms with Crippen molar-refractivity contribution in [2.75, 3.05) is 26.2 Å². The van der Waals surface area contributed by atoms with Gasteiger partial charge in [-0.15, -0.1) is 0 Å². The molecule has 1 rings (SSSR count). The van der Waals surface area contributed by atoms with Gasteiger partial charge in [-0.2, -0.15) is 0 Å². The van der Waals surface area contributed by atoms with Crippen LogP contribution < -0.4 is 5.73 Å². The molecule has 1 aliphatic rings. The van der Waals surface area contributed by atoms with Crippen LogP contribution in [0.25, 0.3) is 0 Å². The Bertz CT molecular complexity index is 172. The molecular formula is C7H15N3O2. The van der Waals surface area contributed by atoms with Crippen LogP contribution >= 0.6 is 0 Å². The summed E-state index contributed by atoms with van der Waals surface area (Å²) in [5, 5.41) is 20.0. The summed E-state index contributed by atoms with van der Waals surface area (Å²) in [5.74, 6) is 0.588. The average Bonchev–Trinajstić information content (AvgIpc) is 2.52. The topological polar surface area (TPSA) is 82.1 Å². The number of amidine groups is 1. The van der Waals surface area contributed by atoms with Gasteiger partial charge in [0.05, 0.1) is 6.54 Å². The van der Waals surface area contributed by atoms with Gasteiger partial charge in [0.25, 0.3) is 0 Å². The third kappa shape index (κ3) is 2.35. The summed E-state index contributed by atoms with van der Waals surface area (Å²) in [6, 6.07) is 0. The molecule has 1 aliphatic heterocycles. The molecule has 0 amide bonds. The Hall–Kier alpha value is -0.810. The van der Waals surface area contributed by atoms with Gasteiger partial charge in [-0.3, -0.25) is 4.90 Å². The van der Waals surface area contributed by atoms with Gasteiger partial charge in [-0.05, 0) is 18.9 Å². The quantitative estimate of drug-likeness (QED) is 0.222. The molecule has 0 unspecified atom stereocenters. The molecule has 70 valence electrons. The fourth-order valence-electron chi connectivity index (χ4n) is 1.47. The second-order valence-corrected chi connectivity index (χ2v) is 3.16. The minimum atomic E-state index is 0.229. The van der Waals surface area contributed by atoms with E-state index >= 15 is 0 Å². The molecule has 0 aromatic carbocycles. The summed E-state index contributed by atoms with van der Waals surface area (Å²) >= 11 is 0. The molecule has 0 bridgehead atoms. The summed E-state index contributed by atoms with van der Waals surface area (Å²) in [4.78, 5) is 2.07. The van der Waals surface area contributed by atoms with Gasteiger partial charge in [-0.1, -0.05) is 5.16 Å². The first-order chi connectivity index (χ1) is 5.76. The Kier molecular flexibility index (Phi) is 3.31. The number of hydrogen-bond donors (Lipinski definition) is 3. The third-order valence-corrected chi connectivity index (χ3v) is 2.14. The van der Waals surface area contributed by atoms with E-state index in [1.807, 2.05) is 0 Å². The number of nitrogens with two attached hydrogens (primary N) is 1. The Morgan fingerprint density at radius 1 is 1.67 bits per heavy atom. The van der Waals surface area contributed by atoms with Gasteiger partial charge in [-0.25, -0.2) is 0 Å². The van der Waals surface area contributed by atoms with Gasteiger partial charge in [0, 0.05) is 13.2 Å². The lowest BCUT2D eigenvalue weighted by Crippen LogP contribution is -2.32. The Morgan fingerprint density at radius 3 is 2.92 bits per heavy atom. The lowest BCUT2D eigenvalue weighted by atomic mass is 10.1. The van der Waals surface area contributed by atoms with E-state index in [9.17, 15) is 0 Å². The fraction of sp³-hybridized carbons (Fsp3) is 0.857. The van der Waals surface area contributed by atoms with E-state index in [1.54, 1.807) is 0 Å². The maximum Gasteiger partial charge on any atom is 0.153 e. The first-order valence-corrected chi connectivity index (χ1v) is 4.06. The molecular weight excluding hydrogens is 158 g/mol. The highest BCUT2D eigenvalue weighted by Crippen LogP contribution is 2.14. The van der Waals surface area contributed by atoms with Crippen molar-refractivity contribution in [3.8, 4) is 0 Å². The SMILES string of the molecule is N/C(CN1CC[C@@H](CO)C1)=N/O. The second kappa shape index (κ2) is 4.27. The zero-order valence-corrected chi connectivity index (χ0v) is 6.98. The summed E-state index contributed by atoms with van der Waals surface area (Å²) in [6.07, 6.45) is 0.995. The van der Waals surface area contributed by atoms with E-state index in [0.29, 0.717) is 12.5 Å². The fourth-order valence-corrected chi connectivity index (χ4v) is 1.47. The van der Waals surface area contributed by atoms with Gasteiger partial charge in [0.15, 0.2) is 5.84 Å². The van der Waals surface area contributed by atoms with Crippen LogP contribution in [0.2, 0.25) is 0 Å². The number of oxime groups is 1. The van der Waals surface area contributed by atoms with E-state index in [2.05, 4.69) is 10.1 Å². The summed E-state index contributed by atoms with van der Waals surface area (Å²) < 4.78 is 0. The normalized spacial score (nSPS) is 26.4. The zero-order valence-electron chi connectivity index (χ0n) is 6.98. The predicted octanol–water partition coefficient (Wildman–Crippen LogP) is -0.953. The van der Waals surface area contributed by atoms with Crippen molar-refractivity contribution in [2.24, 2.45) is 16.8 Å². The smallest absolute Gasteiger partial charge is 0.153 e. The lowest BCUT2D eigenvalue weighted by Gasteiger charge is -2.13. The molecule has 1 atom stereocenters. The van der Waals surface area contributed by atoms with Crippen molar-refractivity contribution in [2.45, 2.75) is 6.42 Å². The monoisotopic (exact) mass is 173 g/mol. The number of likely N-dealkylation sites (tertiary alicyclic amines) is 1. The number of aliphatic hydroxyl groups is 1. The van der Waals surface area contributed by atoms with Crippen LogP contribution in [0.1, 0.15) is 6.42 Å². The van der Waals surface area contributed by atoms with E-state index in [1.165, 1.54) is 0 Å². The molecule has 0 radical (unpaired) electrons. The number of nitrogens with zero attached hydrogens (tertiary/aromatic N) is 2. The molecule has 5 nitrogen and oxygen atoms in total. The van der Waals surface area contributed by atoms with E-state index in [4.69, 9.17) is 16.0 Å². The van der Waals surface area contributed by atoms with Gasteiger partial charge < -0.3 is 16.0 Å². The summed E-state index contributed by atoms with van der Waals surface area (Å²) in [5.41, 5.74) is 5.34. The second-order valence-electron chi connectivity index (χ2n) is 3.16. The summed E-state index contributed by atoms with van der Waals surface area (Å²) in [7, 11) is 0. The molecule has 1 fully saturated rings. The highest BCUT2D eigenvalue weighted by atomic mass is 16.4. The molecule has 4 N–H and O–H groups in total. The molecule has 0 saturated carbocycles. The van der Waals surface area contributed by atoms with E-state index in [0.717, 1.165) is 19.5 Å². The predicted molar refractivity (Wildman–Crippen MR) is 45.0 cm³/mol. The molecule has 1 saturated heterocycles. The zero-order chi connectivity index (χ0) is 8.97. The molecule has 0 aliphatic carbocycles. The third-order valence-electron chi connectivity index (χ3n) is 2.14. The number of aliphatic hydroxyl groups excluding tert-OH is 1. The van der Waals surface area contributed by atoms with E-state index < -0.39 is 0 Å². The first-order valence-electron chi connectivity index (χ1n) is 4.06. The van der Waals surface area contributed by atoms with Crippen LogP contribution in [0, 0.1) is 5.92 Å². The van der Waals surface area contributed by atoms with Crippen molar-refractivity contribution in [3.63, 3.8) is 0 Å². The molecule has 1 heterocycles. The highest BCUT2D eigenvalue weighted by molar-refractivity contribution is 5.81. The van der Waals surface area contributed by atoms with Crippen molar-refractivity contribution >= 4 is 5.84 Å². The maximum absolute atomic E-state index is 8.84. The largest absolute Gasteiger partial charge is 0.409 e. The molecule has 0 aromatic heterocycles. The maximum atomic E-state index is 8.84. The van der Waals surface area contributed by atoms with Gasteiger partial charge in [0.2, 0.25) is 0 Å². The number of rotatable bonds is 3. The van der Waals surface area contributed by atoms with Crippen LogP contribution in [-0.2, 0) is 0 Å². The summed E-state index contributed by atoms with van der Waals surface area (Å²) in [6.45, 7) is 2.48. The minimum Gasteiger partial charge on any atom is -0.409 e. The van der Waals surface area contributed by atoms with Crippen LogP contribution in [0.5, 0.6) is 0 Å². The van der Waals surface area contributed by atoms with Gasteiger partial charge >= 0.3 is 0 Å². The first kappa shape index (κ1) is 9.28.